The number of hydrogen-bond acceptors (Lipinski definition) is 5. The third kappa shape index (κ3) is 1.73. The fourth-order valence-corrected chi connectivity index (χ4v) is 2.11. The summed E-state index contributed by atoms with van der Waals surface area (Å²) in [6.45, 7) is 0. The number of benzene rings is 1. The highest BCUT2D eigenvalue weighted by atomic mass is 79.9. The van der Waals surface area contributed by atoms with E-state index in [0.717, 1.165) is 15.5 Å². The van der Waals surface area contributed by atoms with Gasteiger partial charge in [-0.3, -0.25) is 9.99 Å². The maximum atomic E-state index is 5.32. The average Bonchev–Trinajstić information content (AvgIpc) is 2.83. The summed E-state index contributed by atoms with van der Waals surface area (Å²) in [5.41, 5.74) is 4.31. The number of hydrogen-bond donors (Lipinski definition) is 2. The summed E-state index contributed by atoms with van der Waals surface area (Å²) < 4.78 is 2.65. The van der Waals surface area contributed by atoms with Crippen molar-refractivity contribution in [2.45, 2.75) is 0 Å². The van der Waals surface area contributed by atoms with Crippen molar-refractivity contribution >= 4 is 32.9 Å². The summed E-state index contributed by atoms with van der Waals surface area (Å²) in [5, 5.41) is 0. The number of aromatic nitrogens is 4. The summed E-state index contributed by atoms with van der Waals surface area (Å²) in [6.07, 6.45) is 3.37. The van der Waals surface area contributed by atoms with Crippen molar-refractivity contribution in [2.24, 2.45) is 5.84 Å². The summed E-state index contributed by atoms with van der Waals surface area (Å²) in [5.74, 6) is 6.36. The van der Waals surface area contributed by atoms with Gasteiger partial charge in [-0.1, -0.05) is 12.1 Å². The summed E-state index contributed by atoms with van der Waals surface area (Å²) in [4.78, 5) is 12.7. The van der Waals surface area contributed by atoms with Crippen molar-refractivity contribution in [1.29, 1.82) is 0 Å². The lowest BCUT2D eigenvalue weighted by Gasteiger charge is -2.07. The maximum absolute atomic E-state index is 5.32. The molecule has 0 saturated carbocycles. The molecule has 1 aromatic carbocycles. The molecule has 6 nitrogen and oxygen atoms in total. The van der Waals surface area contributed by atoms with E-state index in [1.54, 1.807) is 12.5 Å². The summed E-state index contributed by atoms with van der Waals surface area (Å²) in [6, 6.07) is 7.83. The van der Waals surface area contributed by atoms with Crippen molar-refractivity contribution in [2.75, 3.05) is 5.43 Å². The molecule has 3 N–H and O–H groups in total. The number of nitrogens with zero attached hydrogens (tertiary/aromatic N) is 4. The van der Waals surface area contributed by atoms with E-state index in [-0.39, 0.29) is 0 Å². The second kappa shape index (κ2) is 4.35. The van der Waals surface area contributed by atoms with Crippen molar-refractivity contribution < 1.29 is 0 Å². The Morgan fingerprint density at radius 3 is 2.89 bits per heavy atom. The molecule has 2 aromatic heterocycles. The van der Waals surface area contributed by atoms with Crippen LogP contribution in [0.3, 0.4) is 0 Å². The Bertz CT molecular complexity index is 708. The second-order valence-electron chi connectivity index (χ2n) is 3.61. The van der Waals surface area contributed by atoms with Crippen molar-refractivity contribution in [1.82, 2.24) is 19.5 Å². The summed E-state index contributed by atoms with van der Waals surface area (Å²) >= 11 is 3.42. The Labute approximate surface area is 111 Å². The van der Waals surface area contributed by atoms with Gasteiger partial charge in [0.1, 0.15) is 6.33 Å². The first-order valence-corrected chi connectivity index (χ1v) is 6.00. The van der Waals surface area contributed by atoms with Crippen LogP contribution in [0.15, 0.2) is 41.3 Å². The molecule has 0 aliphatic rings. The Balaban J connectivity index is 2.25. The van der Waals surface area contributed by atoms with Gasteiger partial charge >= 0.3 is 0 Å². The number of halogens is 1. The fourth-order valence-electron chi connectivity index (χ4n) is 1.72. The highest BCUT2D eigenvalue weighted by Crippen LogP contribution is 2.23. The molecule has 90 valence electrons. The number of nitrogens with two attached hydrogens (primary N) is 1. The predicted octanol–water partition coefficient (Wildman–Crippen LogP) is 1.86. The van der Waals surface area contributed by atoms with Crippen LogP contribution in [0.5, 0.6) is 0 Å². The van der Waals surface area contributed by atoms with Gasteiger partial charge in [0.25, 0.3) is 0 Å². The van der Waals surface area contributed by atoms with Crippen LogP contribution in [-0.4, -0.2) is 19.5 Å². The minimum absolute atomic E-state index is 0.353. The van der Waals surface area contributed by atoms with E-state index in [1.165, 1.54) is 0 Å². The van der Waals surface area contributed by atoms with E-state index in [0.29, 0.717) is 11.8 Å². The predicted molar refractivity (Wildman–Crippen MR) is 72.2 cm³/mol. The molecule has 0 aliphatic heterocycles. The first-order chi connectivity index (χ1) is 8.79. The smallest absolute Gasteiger partial charge is 0.239 e. The molecular formula is C11H9BrN6. The number of nitrogen functional groups attached to an aromatic ring is 1. The summed E-state index contributed by atoms with van der Waals surface area (Å²) in [7, 11) is 0. The van der Waals surface area contributed by atoms with Gasteiger partial charge in [-0.2, -0.15) is 4.98 Å². The van der Waals surface area contributed by atoms with E-state index >= 15 is 0 Å². The first-order valence-electron chi connectivity index (χ1n) is 5.21. The van der Waals surface area contributed by atoms with Gasteiger partial charge in [0, 0.05) is 6.20 Å². The highest BCUT2D eigenvalue weighted by Gasteiger charge is 2.10. The van der Waals surface area contributed by atoms with Crippen LogP contribution in [0.25, 0.3) is 16.9 Å². The molecule has 0 fully saturated rings. The van der Waals surface area contributed by atoms with Crippen LogP contribution in [0.1, 0.15) is 0 Å². The third-order valence-corrected chi connectivity index (χ3v) is 3.10. The number of imidazole rings is 1. The third-order valence-electron chi connectivity index (χ3n) is 2.54. The number of anilines is 1. The van der Waals surface area contributed by atoms with E-state index in [1.807, 2.05) is 28.8 Å². The number of hydrazine groups is 1. The van der Waals surface area contributed by atoms with Crippen LogP contribution in [0.2, 0.25) is 0 Å². The van der Waals surface area contributed by atoms with E-state index in [9.17, 15) is 0 Å². The lowest BCUT2D eigenvalue weighted by atomic mass is 10.3. The molecule has 3 rings (SSSR count). The standard InChI is InChI=1S/C11H9BrN6/c12-7-5-14-11(17-13)16-10(7)18-6-15-8-3-1-2-4-9(8)18/h1-6H,13H2,(H,14,16,17). The molecular weight excluding hydrogens is 296 g/mol. The van der Waals surface area contributed by atoms with Gasteiger partial charge in [0.2, 0.25) is 5.95 Å². The Hall–Kier alpha value is -1.99. The van der Waals surface area contributed by atoms with Crippen molar-refractivity contribution in [3.8, 4) is 5.82 Å². The molecule has 0 amide bonds. The molecule has 2 heterocycles. The van der Waals surface area contributed by atoms with Gasteiger partial charge < -0.3 is 0 Å². The Morgan fingerprint density at radius 1 is 1.22 bits per heavy atom. The van der Waals surface area contributed by atoms with E-state index in [2.05, 4.69) is 36.3 Å². The van der Waals surface area contributed by atoms with Crippen LogP contribution < -0.4 is 11.3 Å². The average molecular weight is 305 g/mol. The Morgan fingerprint density at radius 2 is 2.06 bits per heavy atom. The van der Waals surface area contributed by atoms with Crippen molar-refractivity contribution in [3.63, 3.8) is 0 Å². The largest absolute Gasteiger partial charge is 0.292 e. The number of nitrogens with one attached hydrogen (secondary N) is 1. The molecule has 3 aromatic rings. The van der Waals surface area contributed by atoms with Crippen LogP contribution >= 0.6 is 15.9 Å². The first kappa shape index (κ1) is 11.1. The van der Waals surface area contributed by atoms with Crippen LogP contribution in [0.4, 0.5) is 5.95 Å². The van der Waals surface area contributed by atoms with Gasteiger partial charge in [-0.05, 0) is 28.1 Å². The number of para-hydroxylation sites is 2. The van der Waals surface area contributed by atoms with Gasteiger partial charge in [-0.25, -0.2) is 15.8 Å². The molecule has 0 spiro atoms. The number of fused-ring (bicyclic) bond motifs is 1. The molecule has 18 heavy (non-hydrogen) atoms. The molecule has 7 heteroatoms. The minimum atomic E-state index is 0.353. The van der Waals surface area contributed by atoms with Crippen LogP contribution in [0, 0.1) is 0 Å². The quantitative estimate of drug-likeness (QED) is 0.558. The van der Waals surface area contributed by atoms with Gasteiger partial charge in [0.15, 0.2) is 5.82 Å². The SMILES string of the molecule is NNc1ncc(Br)c(-n2cnc3ccccc32)n1. The molecule has 0 radical (unpaired) electrons. The zero-order chi connectivity index (χ0) is 12.5. The van der Waals surface area contributed by atoms with Gasteiger partial charge in [0.05, 0.1) is 15.5 Å². The fraction of sp³-hybridized carbons (Fsp3) is 0. The lowest BCUT2D eigenvalue weighted by Crippen LogP contribution is -2.12. The molecule has 0 atom stereocenters. The highest BCUT2D eigenvalue weighted by molar-refractivity contribution is 9.10. The van der Waals surface area contributed by atoms with Crippen LogP contribution in [-0.2, 0) is 0 Å². The second-order valence-corrected chi connectivity index (χ2v) is 4.47. The monoisotopic (exact) mass is 304 g/mol. The van der Waals surface area contributed by atoms with E-state index < -0.39 is 0 Å². The molecule has 0 aliphatic carbocycles. The minimum Gasteiger partial charge on any atom is -0.292 e. The lowest BCUT2D eigenvalue weighted by molar-refractivity contribution is 0.978. The van der Waals surface area contributed by atoms with Crippen molar-refractivity contribution in [3.05, 3.63) is 41.3 Å². The number of rotatable bonds is 2. The van der Waals surface area contributed by atoms with E-state index in [4.69, 9.17) is 5.84 Å². The zero-order valence-corrected chi connectivity index (χ0v) is 10.8. The molecule has 0 unspecified atom stereocenters. The zero-order valence-electron chi connectivity index (χ0n) is 9.21. The normalized spacial score (nSPS) is 10.8. The topological polar surface area (TPSA) is 81.6 Å². The Kier molecular flexibility index (Phi) is 2.69. The molecule has 0 saturated heterocycles. The molecule has 0 bridgehead atoms. The van der Waals surface area contributed by atoms with Gasteiger partial charge in [-0.15, -0.1) is 0 Å². The maximum Gasteiger partial charge on any atom is 0.239 e.